The second kappa shape index (κ2) is 17.0. The Kier molecular flexibility index (Phi) is 12.3. The largest absolute Gasteiger partial charge is 0.491 e. The average molecular weight is 823 g/mol. The summed E-state index contributed by atoms with van der Waals surface area (Å²) in [5.74, 6) is -2.18. The maximum absolute atomic E-state index is 14.3. The van der Waals surface area contributed by atoms with Gasteiger partial charge in [0.05, 0.1) is 29.5 Å². The first-order valence-electron chi connectivity index (χ1n) is 20.1. The van der Waals surface area contributed by atoms with Crippen LogP contribution in [0.25, 0.3) is 0 Å². The van der Waals surface area contributed by atoms with Crippen LogP contribution in [0.15, 0.2) is 65.0 Å². The zero-order valence-corrected chi connectivity index (χ0v) is 34.5. The Bertz CT molecular complexity index is 1950. The lowest BCUT2D eigenvalue weighted by molar-refractivity contribution is -0.134. The summed E-state index contributed by atoms with van der Waals surface area (Å²) in [7, 11) is 3.87. The van der Waals surface area contributed by atoms with Crippen molar-refractivity contribution in [1.29, 1.82) is 0 Å². The van der Waals surface area contributed by atoms with E-state index in [0.29, 0.717) is 75.2 Å². The minimum Gasteiger partial charge on any atom is -0.491 e. The van der Waals surface area contributed by atoms with Gasteiger partial charge in [-0.2, -0.15) is 0 Å². The summed E-state index contributed by atoms with van der Waals surface area (Å²) in [5.41, 5.74) is -0.771. The molecule has 0 aromatic heterocycles. The number of aryl methyl sites for hydroxylation is 1. The molecule has 4 fully saturated rings. The predicted octanol–water partition coefficient (Wildman–Crippen LogP) is 5.67. The summed E-state index contributed by atoms with van der Waals surface area (Å²) in [5, 5.41) is 22.3. The Hall–Kier alpha value is -4.10. The molecular formula is C43H53Cl2N5O7. The molecule has 3 unspecified atom stereocenters. The van der Waals surface area contributed by atoms with Crippen molar-refractivity contribution in [3.63, 3.8) is 0 Å². The summed E-state index contributed by atoms with van der Waals surface area (Å²) >= 11 is 13.6. The molecular weight excluding hydrogens is 769 g/mol. The van der Waals surface area contributed by atoms with E-state index in [4.69, 9.17) is 27.9 Å². The van der Waals surface area contributed by atoms with E-state index < -0.39 is 17.4 Å². The van der Waals surface area contributed by atoms with Crippen LogP contribution in [0, 0.1) is 0 Å². The van der Waals surface area contributed by atoms with Crippen molar-refractivity contribution >= 4 is 47.0 Å². The van der Waals surface area contributed by atoms with Gasteiger partial charge in [-0.15, -0.1) is 0 Å². The molecule has 2 amide bonds. The minimum absolute atomic E-state index is 0.116. The fourth-order valence-corrected chi connectivity index (χ4v) is 11.0. The Morgan fingerprint density at radius 1 is 0.825 bits per heavy atom. The van der Waals surface area contributed by atoms with Crippen LogP contribution in [0.4, 0.5) is 0 Å². The average Bonchev–Trinajstić information content (AvgIpc) is 3.65. The number of nitrogens with zero attached hydrogens (tertiary/aromatic N) is 5. The van der Waals surface area contributed by atoms with E-state index in [9.17, 15) is 29.4 Å². The molecule has 2 bridgehead atoms. The normalized spacial score (nSPS) is 25.8. The molecule has 5 aliphatic heterocycles. The van der Waals surface area contributed by atoms with Gasteiger partial charge in [0.1, 0.15) is 12.4 Å². The van der Waals surface area contributed by atoms with Crippen LogP contribution < -0.4 is 4.74 Å². The van der Waals surface area contributed by atoms with Crippen molar-refractivity contribution in [3.8, 4) is 5.75 Å². The maximum atomic E-state index is 14.3. The number of benzene rings is 2. The number of halogens is 2. The number of carbonyl (C=O) groups excluding carboxylic acids is 2. The number of amides is 2. The number of carboxylic acid groups (broad SMARTS) is 2. The Balaban J connectivity index is 1.18. The highest BCUT2D eigenvalue weighted by atomic mass is 35.5. The molecule has 5 aliphatic rings. The lowest BCUT2D eigenvalue weighted by atomic mass is 9.66. The molecule has 2 aromatic rings. The van der Waals surface area contributed by atoms with Crippen LogP contribution in [0.3, 0.4) is 0 Å². The number of hydrogen-bond acceptors (Lipinski definition) is 8. The second-order valence-corrected chi connectivity index (χ2v) is 17.1. The third-order valence-electron chi connectivity index (χ3n) is 13.2. The molecule has 0 spiro atoms. The number of carboxylic acids is 2. The molecule has 5 heterocycles. The van der Waals surface area contributed by atoms with Gasteiger partial charge in [-0.25, -0.2) is 9.59 Å². The number of fused-ring (bicyclic) bond motifs is 2. The van der Waals surface area contributed by atoms with E-state index in [1.54, 1.807) is 39.9 Å². The lowest BCUT2D eigenvalue weighted by Gasteiger charge is -2.46. The molecule has 2 N–H and O–H groups in total. The third-order valence-corrected chi connectivity index (χ3v) is 13.9. The van der Waals surface area contributed by atoms with Gasteiger partial charge in [-0.3, -0.25) is 14.5 Å². The van der Waals surface area contributed by atoms with Crippen molar-refractivity contribution in [2.24, 2.45) is 0 Å². The summed E-state index contributed by atoms with van der Waals surface area (Å²) in [6, 6.07) is 14.0. The molecule has 0 saturated carbocycles. The number of ether oxygens (including phenoxy) is 1. The number of hydrogen-bond donors (Lipinski definition) is 2. The molecule has 0 aliphatic carbocycles. The van der Waals surface area contributed by atoms with Gasteiger partial charge in [-0.05, 0) is 82.7 Å². The van der Waals surface area contributed by atoms with Crippen LogP contribution in [0.1, 0.15) is 69.4 Å². The zero-order chi connectivity index (χ0) is 40.6. The van der Waals surface area contributed by atoms with E-state index in [0.717, 1.165) is 37.9 Å². The topological polar surface area (TPSA) is 134 Å². The van der Waals surface area contributed by atoms with Gasteiger partial charge in [-0.1, -0.05) is 47.5 Å². The monoisotopic (exact) mass is 821 g/mol. The highest BCUT2D eigenvalue weighted by Crippen LogP contribution is 2.52. The number of rotatable bonds is 13. The van der Waals surface area contributed by atoms with Crippen molar-refractivity contribution in [2.45, 2.75) is 88.3 Å². The molecule has 0 radical (unpaired) electrons. The molecule has 4 saturated heterocycles. The number of piperidine rings is 1. The van der Waals surface area contributed by atoms with Gasteiger partial charge in [0.15, 0.2) is 0 Å². The maximum Gasteiger partial charge on any atom is 0.334 e. The highest BCUT2D eigenvalue weighted by molar-refractivity contribution is 6.36. The lowest BCUT2D eigenvalue weighted by Crippen LogP contribution is -2.56. The first-order chi connectivity index (χ1) is 27.3. The molecule has 2 aromatic carbocycles. The molecule has 306 valence electrons. The molecule has 57 heavy (non-hydrogen) atoms. The van der Waals surface area contributed by atoms with Gasteiger partial charge >= 0.3 is 11.9 Å². The standard InChI is InChI=1S/C43H53Cl2N5O7/c1-43(38-31(44)9-6-10-32(38)45)39(41(53)54)33(16-13-27-8-4-5-11-35(27)57-23-22-49-17-7-12-36(49)51)47(3)34(40(43)42(55)56)26-37(52)50-20-18-48(19-21-50)30-24-28-14-15-29(25-30)46(28)2/h4-6,8-11,28-30H,7,12-26H2,1-3H3,(H,53,54)(H,55,56). The van der Waals surface area contributed by atoms with Crippen LogP contribution in [0.5, 0.6) is 5.75 Å². The van der Waals surface area contributed by atoms with Crippen molar-refractivity contribution in [2.75, 3.05) is 60.0 Å². The van der Waals surface area contributed by atoms with Crippen LogP contribution in [-0.2, 0) is 31.0 Å². The van der Waals surface area contributed by atoms with E-state index in [1.165, 1.54) is 19.8 Å². The van der Waals surface area contributed by atoms with E-state index >= 15 is 0 Å². The van der Waals surface area contributed by atoms with Crippen LogP contribution in [-0.4, -0.2) is 137 Å². The van der Waals surface area contributed by atoms with Crippen LogP contribution >= 0.6 is 23.2 Å². The number of aliphatic carboxylic acids is 2. The fourth-order valence-electron chi connectivity index (χ4n) is 10.2. The Labute approximate surface area is 344 Å². The number of likely N-dealkylation sites (tertiary alicyclic amines) is 1. The SMILES string of the molecule is CN1C(CCc2ccccc2OCCN2CCCC2=O)=C(C(=O)O)C(C)(c2c(Cl)cccc2Cl)C(C(=O)O)=C1CC(=O)N1CCN(C2CC3CCC(C2)N3C)CC1. The fraction of sp³-hybridized carbons (Fsp3) is 0.535. The third kappa shape index (κ3) is 8.03. The minimum atomic E-state index is -1.84. The first kappa shape index (κ1) is 41.1. The molecule has 3 atom stereocenters. The van der Waals surface area contributed by atoms with Crippen molar-refractivity contribution in [1.82, 2.24) is 24.5 Å². The zero-order valence-electron chi connectivity index (χ0n) is 33.0. The van der Waals surface area contributed by atoms with Crippen LogP contribution in [0.2, 0.25) is 10.0 Å². The summed E-state index contributed by atoms with van der Waals surface area (Å²) in [4.78, 5) is 63.7. The first-order valence-corrected chi connectivity index (χ1v) is 20.9. The number of piperazine rings is 1. The van der Waals surface area contributed by atoms with Gasteiger partial charge in [0.25, 0.3) is 0 Å². The molecule has 14 heteroatoms. The smallest absolute Gasteiger partial charge is 0.334 e. The Morgan fingerprint density at radius 2 is 1.46 bits per heavy atom. The summed E-state index contributed by atoms with van der Waals surface area (Å²) in [6.45, 7) is 5.57. The molecule has 12 nitrogen and oxygen atoms in total. The van der Waals surface area contributed by atoms with Gasteiger partial charge < -0.3 is 34.5 Å². The van der Waals surface area contributed by atoms with E-state index in [-0.39, 0.29) is 57.1 Å². The summed E-state index contributed by atoms with van der Waals surface area (Å²) < 4.78 is 6.17. The number of para-hydroxylation sites is 1. The number of carbonyl (C=O) groups is 4. The summed E-state index contributed by atoms with van der Waals surface area (Å²) in [6.07, 6.45) is 6.40. The quantitative estimate of drug-likeness (QED) is 0.261. The van der Waals surface area contributed by atoms with Gasteiger partial charge in [0, 0.05) is 91.3 Å². The van der Waals surface area contributed by atoms with E-state index in [1.807, 2.05) is 24.3 Å². The predicted molar refractivity (Wildman–Crippen MR) is 217 cm³/mol. The Morgan fingerprint density at radius 3 is 2.07 bits per heavy atom. The van der Waals surface area contributed by atoms with Crippen molar-refractivity contribution in [3.05, 3.63) is 86.2 Å². The molecule has 7 rings (SSSR count). The number of allylic oxidation sites excluding steroid dienone is 1. The van der Waals surface area contributed by atoms with Gasteiger partial charge in [0.2, 0.25) is 11.8 Å². The van der Waals surface area contributed by atoms with Crippen molar-refractivity contribution < 1.29 is 34.1 Å². The van der Waals surface area contributed by atoms with E-state index in [2.05, 4.69) is 16.8 Å². The second-order valence-electron chi connectivity index (χ2n) is 16.2. The highest BCUT2D eigenvalue weighted by Gasteiger charge is 2.52.